The van der Waals surface area contributed by atoms with Crippen LogP contribution in [0.3, 0.4) is 0 Å². The number of anilines is 6. The van der Waals surface area contributed by atoms with E-state index in [0.717, 1.165) is 100 Å². The summed E-state index contributed by atoms with van der Waals surface area (Å²) in [5.41, 5.74) is 18.9. The van der Waals surface area contributed by atoms with Crippen molar-refractivity contribution in [2.45, 2.75) is 19.3 Å². The zero-order chi connectivity index (χ0) is 54.9. The van der Waals surface area contributed by atoms with Gasteiger partial charge in [-0.2, -0.15) is 0 Å². The minimum absolute atomic E-state index is 0.389. The molecule has 0 saturated carbocycles. The van der Waals surface area contributed by atoms with E-state index in [9.17, 15) is 0 Å². The molecule has 0 unspecified atom stereocenters. The van der Waals surface area contributed by atoms with Gasteiger partial charge in [0, 0.05) is 60.5 Å². The molecule has 0 saturated heterocycles. The Morgan fingerprint density at radius 1 is 0.289 bits per heavy atom. The lowest BCUT2D eigenvalue weighted by molar-refractivity contribution is 0.666. The fourth-order valence-electron chi connectivity index (χ4n) is 14.1. The molecular formula is C79H52N2O2. The maximum Gasteiger partial charge on any atom is 0.159 e. The minimum atomic E-state index is -0.389. The molecule has 1 aliphatic carbocycles. The van der Waals surface area contributed by atoms with Crippen molar-refractivity contribution >= 4 is 121 Å². The summed E-state index contributed by atoms with van der Waals surface area (Å²) in [6.07, 6.45) is 0. The molecule has 83 heavy (non-hydrogen) atoms. The first-order valence-corrected chi connectivity index (χ1v) is 28.7. The molecule has 17 rings (SSSR count). The maximum atomic E-state index is 7.35. The normalized spacial score (nSPS) is 12.8. The SMILES string of the molecule is CC1(C)c2cc(N(c3ccccc3)c3cccc4c3oc3c(-c5ccccc5)cc5ccccc5c34)c3ccccc3c2-c2ccc3cc(N(c4ccccc4)c4cccc5c4oc4c(-c6ccccc6)cc6ccccc6c45)ccc3c21. The van der Waals surface area contributed by atoms with E-state index in [4.69, 9.17) is 8.83 Å². The van der Waals surface area contributed by atoms with Crippen molar-refractivity contribution in [1.82, 2.24) is 0 Å². The standard InChI is InChI=1S/C79H52N2O2/c1-79(2)67-48-70(81(55-31-13-6-14-32-55)69-40-22-38-64-73-58-34-18-16-28-52(58)47-66(78(73)83-76(64)69)50-25-9-4-10-26-50)60-35-19-20-36-61(60)71(67)62-43-41-53-45-56(42-44-59(53)74(62)79)80(54-29-11-5-12-30-54)68-39-21-37-63-72-57-33-17-15-27-51(57)46-65(77(72)82-75(63)68)49-23-7-3-8-24-49/h3-48H,1-2H3. The molecule has 4 heteroatoms. The summed E-state index contributed by atoms with van der Waals surface area (Å²) in [6.45, 7) is 4.83. The van der Waals surface area contributed by atoms with E-state index in [1.807, 2.05) is 0 Å². The largest absolute Gasteiger partial charge is 0.453 e. The van der Waals surface area contributed by atoms with Crippen LogP contribution in [0.1, 0.15) is 25.0 Å². The van der Waals surface area contributed by atoms with Gasteiger partial charge < -0.3 is 18.6 Å². The molecule has 0 N–H and O–H groups in total. The van der Waals surface area contributed by atoms with Crippen molar-refractivity contribution in [3.05, 3.63) is 290 Å². The summed E-state index contributed by atoms with van der Waals surface area (Å²) in [4.78, 5) is 4.81. The molecule has 16 aromatic rings. The zero-order valence-electron chi connectivity index (χ0n) is 45.8. The highest BCUT2D eigenvalue weighted by Crippen LogP contribution is 2.58. The van der Waals surface area contributed by atoms with Crippen LogP contribution in [0.5, 0.6) is 0 Å². The van der Waals surface area contributed by atoms with Crippen LogP contribution < -0.4 is 9.80 Å². The highest BCUT2D eigenvalue weighted by Gasteiger charge is 2.40. The number of furan rings is 2. The first kappa shape index (κ1) is 47.2. The van der Waals surface area contributed by atoms with E-state index >= 15 is 0 Å². The van der Waals surface area contributed by atoms with Gasteiger partial charge in [-0.1, -0.05) is 226 Å². The third kappa shape index (κ3) is 7.06. The summed E-state index contributed by atoms with van der Waals surface area (Å²) in [5, 5.41) is 13.9. The van der Waals surface area contributed by atoms with Gasteiger partial charge in [-0.15, -0.1) is 0 Å². The lowest BCUT2D eigenvalue weighted by Crippen LogP contribution is -2.17. The molecule has 4 nitrogen and oxygen atoms in total. The van der Waals surface area contributed by atoms with Crippen molar-refractivity contribution in [1.29, 1.82) is 0 Å². The van der Waals surface area contributed by atoms with Crippen LogP contribution >= 0.6 is 0 Å². The third-order valence-corrected chi connectivity index (χ3v) is 17.7. The molecule has 2 heterocycles. The van der Waals surface area contributed by atoms with Gasteiger partial charge in [0.15, 0.2) is 11.2 Å². The van der Waals surface area contributed by atoms with Crippen LogP contribution in [-0.4, -0.2) is 0 Å². The van der Waals surface area contributed by atoms with Crippen molar-refractivity contribution in [3.8, 4) is 33.4 Å². The second-order valence-corrected chi connectivity index (χ2v) is 22.7. The fraction of sp³-hybridized carbons (Fsp3) is 0.0380. The summed E-state index contributed by atoms with van der Waals surface area (Å²) in [5.74, 6) is 0. The van der Waals surface area contributed by atoms with Crippen molar-refractivity contribution < 1.29 is 8.83 Å². The van der Waals surface area contributed by atoms with Crippen molar-refractivity contribution in [2.24, 2.45) is 0 Å². The van der Waals surface area contributed by atoms with Crippen LogP contribution in [0.2, 0.25) is 0 Å². The molecule has 1 aliphatic rings. The Hall–Kier alpha value is -10.7. The summed E-state index contributed by atoms with van der Waals surface area (Å²) in [7, 11) is 0. The van der Waals surface area contributed by atoms with Gasteiger partial charge in [-0.25, -0.2) is 0 Å². The smallest absolute Gasteiger partial charge is 0.159 e. The number of hydrogen-bond donors (Lipinski definition) is 0. The van der Waals surface area contributed by atoms with Crippen LogP contribution in [0, 0.1) is 0 Å². The predicted molar refractivity (Wildman–Crippen MR) is 349 cm³/mol. The predicted octanol–water partition coefficient (Wildman–Crippen LogP) is 22.7. The summed E-state index contributed by atoms with van der Waals surface area (Å²) >= 11 is 0. The molecule has 0 atom stereocenters. The lowest BCUT2D eigenvalue weighted by atomic mass is 9.79. The summed E-state index contributed by atoms with van der Waals surface area (Å²) in [6, 6.07) is 101. The third-order valence-electron chi connectivity index (χ3n) is 17.7. The number of fused-ring (bicyclic) bond motifs is 17. The Kier molecular flexibility index (Phi) is 10.3. The first-order chi connectivity index (χ1) is 41.0. The van der Waals surface area contributed by atoms with Gasteiger partial charge in [0.2, 0.25) is 0 Å². The average molecular weight is 1060 g/mol. The summed E-state index contributed by atoms with van der Waals surface area (Å²) < 4.78 is 14.6. The topological polar surface area (TPSA) is 32.8 Å². The van der Waals surface area contributed by atoms with Gasteiger partial charge in [-0.05, 0) is 138 Å². The van der Waals surface area contributed by atoms with Gasteiger partial charge in [-0.3, -0.25) is 0 Å². The zero-order valence-corrected chi connectivity index (χ0v) is 45.8. The molecule has 0 amide bonds. The highest BCUT2D eigenvalue weighted by molar-refractivity contribution is 6.26. The monoisotopic (exact) mass is 1060 g/mol. The van der Waals surface area contributed by atoms with Crippen LogP contribution in [-0.2, 0) is 5.41 Å². The number of nitrogens with zero attached hydrogens (tertiary/aromatic N) is 2. The van der Waals surface area contributed by atoms with Crippen LogP contribution in [0.4, 0.5) is 34.1 Å². The molecule has 2 aromatic heterocycles. The Labute approximate surface area is 479 Å². The molecule has 0 radical (unpaired) electrons. The van der Waals surface area contributed by atoms with E-state index in [1.165, 1.54) is 65.3 Å². The van der Waals surface area contributed by atoms with Gasteiger partial charge in [0.05, 0.1) is 17.1 Å². The highest BCUT2D eigenvalue weighted by atomic mass is 16.3. The molecule has 14 aromatic carbocycles. The van der Waals surface area contributed by atoms with E-state index in [2.05, 4.69) is 303 Å². The quantitative estimate of drug-likeness (QED) is 0.152. The van der Waals surface area contributed by atoms with Crippen LogP contribution in [0.25, 0.3) is 120 Å². The Morgan fingerprint density at radius 3 is 1.31 bits per heavy atom. The number of benzene rings is 14. The van der Waals surface area contributed by atoms with E-state index < -0.39 is 0 Å². The van der Waals surface area contributed by atoms with E-state index in [-0.39, 0.29) is 5.41 Å². The van der Waals surface area contributed by atoms with Crippen molar-refractivity contribution in [3.63, 3.8) is 0 Å². The molecule has 0 aliphatic heterocycles. The minimum Gasteiger partial charge on any atom is -0.453 e. The Bertz CT molecular complexity index is 5290. The number of hydrogen-bond acceptors (Lipinski definition) is 4. The Balaban J connectivity index is 0.845. The molecule has 0 spiro atoms. The van der Waals surface area contributed by atoms with Gasteiger partial charge in [0.25, 0.3) is 0 Å². The second-order valence-electron chi connectivity index (χ2n) is 22.7. The lowest BCUT2D eigenvalue weighted by Gasteiger charge is -2.30. The van der Waals surface area contributed by atoms with E-state index in [0.29, 0.717) is 0 Å². The fourth-order valence-corrected chi connectivity index (χ4v) is 14.1. The molecule has 0 fully saturated rings. The van der Waals surface area contributed by atoms with Crippen LogP contribution in [0.15, 0.2) is 288 Å². The number of para-hydroxylation sites is 4. The van der Waals surface area contributed by atoms with Crippen molar-refractivity contribution in [2.75, 3.05) is 9.80 Å². The first-order valence-electron chi connectivity index (χ1n) is 28.7. The molecule has 0 bridgehead atoms. The average Bonchev–Trinajstić information content (AvgIpc) is 1.75. The Morgan fingerprint density at radius 2 is 0.747 bits per heavy atom. The maximum absolute atomic E-state index is 7.35. The molecule has 390 valence electrons. The van der Waals surface area contributed by atoms with Gasteiger partial charge in [0.1, 0.15) is 11.2 Å². The van der Waals surface area contributed by atoms with E-state index in [1.54, 1.807) is 0 Å². The van der Waals surface area contributed by atoms with Gasteiger partial charge >= 0.3 is 0 Å². The molecular weight excluding hydrogens is 1010 g/mol. The second kappa shape index (κ2) is 18.2. The number of rotatable bonds is 8.